The summed E-state index contributed by atoms with van der Waals surface area (Å²) in [6.45, 7) is 4.05. The zero-order valence-electron chi connectivity index (χ0n) is 14.4. The van der Waals surface area contributed by atoms with E-state index in [1.807, 2.05) is 56.3 Å². The molecule has 0 atom stereocenters. The number of fused-ring (bicyclic) bond motifs is 1. The van der Waals surface area contributed by atoms with E-state index < -0.39 is 0 Å². The van der Waals surface area contributed by atoms with Crippen molar-refractivity contribution >= 4 is 56.6 Å². The van der Waals surface area contributed by atoms with E-state index in [2.05, 4.69) is 21.2 Å². The van der Waals surface area contributed by atoms with Gasteiger partial charge in [0.2, 0.25) is 0 Å². The minimum Gasteiger partial charge on any atom is -0.331 e. The first-order valence-corrected chi connectivity index (χ1v) is 9.22. The molecule has 132 valence electrons. The van der Waals surface area contributed by atoms with E-state index in [4.69, 9.17) is 12.2 Å². The second kappa shape index (κ2) is 8.07. The third-order valence-corrected chi connectivity index (χ3v) is 5.05. The first-order valence-electron chi connectivity index (χ1n) is 8.00. The van der Waals surface area contributed by atoms with Gasteiger partial charge in [-0.05, 0) is 61.5 Å². The molecule has 3 N–H and O–H groups in total. The van der Waals surface area contributed by atoms with Crippen LogP contribution in [0.3, 0.4) is 0 Å². The van der Waals surface area contributed by atoms with E-state index in [0.29, 0.717) is 5.11 Å². The lowest BCUT2D eigenvalue weighted by atomic mass is 10.1. The number of nitrogens with one attached hydrogen (secondary N) is 3. The number of thiocarbonyl (C=S) groups is 1. The zero-order chi connectivity index (χ0) is 18.5. The minimum absolute atomic E-state index is 0.311. The number of thiazole rings is 1. The van der Waals surface area contributed by atoms with Gasteiger partial charge in [0.1, 0.15) is 5.01 Å². The third-order valence-electron chi connectivity index (χ3n) is 3.84. The number of hydrogen-bond donors (Lipinski definition) is 3. The Kier molecular flexibility index (Phi) is 5.60. The normalized spacial score (nSPS) is 10.8. The van der Waals surface area contributed by atoms with Crippen LogP contribution in [0, 0.1) is 13.8 Å². The van der Waals surface area contributed by atoms with Crippen molar-refractivity contribution < 1.29 is 4.79 Å². The predicted octanol–water partition coefficient (Wildman–Crippen LogP) is 3.94. The third kappa shape index (κ3) is 4.44. The molecule has 26 heavy (non-hydrogen) atoms. The van der Waals surface area contributed by atoms with Gasteiger partial charge in [0.25, 0.3) is 5.91 Å². The SMILES string of the molecule is Cc1cccc(NC(=S)NNC(=O)/C=C/c2nc3ccccc3s2)c1C. The molecule has 0 aliphatic carbocycles. The summed E-state index contributed by atoms with van der Waals surface area (Å²) in [6.07, 6.45) is 3.11. The average Bonchev–Trinajstić information content (AvgIpc) is 3.05. The summed E-state index contributed by atoms with van der Waals surface area (Å²) in [5.74, 6) is -0.311. The molecule has 0 unspecified atom stereocenters. The molecule has 1 heterocycles. The number of aryl methyl sites for hydroxylation is 1. The monoisotopic (exact) mass is 382 g/mol. The van der Waals surface area contributed by atoms with Gasteiger partial charge >= 0.3 is 0 Å². The molecule has 3 rings (SSSR count). The topological polar surface area (TPSA) is 66.0 Å². The molecule has 0 aliphatic heterocycles. The molecule has 0 aliphatic rings. The van der Waals surface area contributed by atoms with E-state index >= 15 is 0 Å². The Morgan fingerprint density at radius 1 is 1.12 bits per heavy atom. The number of para-hydroxylation sites is 1. The zero-order valence-corrected chi connectivity index (χ0v) is 16.0. The lowest BCUT2D eigenvalue weighted by Crippen LogP contribution is -2.43. The fourth-order valence-electron chi connectivity index (χ4n) is 2.31. The molecule has 1 amide bonds. The summed E-state index contributed by atoms with van der Waals surface area (Å²) in [5, 5.41) is 4.16. The van der Waals surface area contributed by atoms with Crippen LogP contribution in [0.25, 0.3) is 16.3 Å². The predicted molar refractivity (Wildman–Crippen MR) is 112 cm³/mol. The van der Waals surface area contributed by atoms with Crippen molar-refractivity contribution in [2.45, 2.75) is 13.8 Å². The molecular weight excluding hydrogens is 364 g/mol. The summed E-state index contributed by atoms with van der Waals surface area (Å²) >= 11 is 6.74. The number of benzene rings is 2. The minimum atomic E-state index is -0.311. The van der Waals surface area contributed by atoms with Crippen molar-refractivity contribution in [1.82, 2.24) is 15.8 Å². The van der Waals surface area contributed by atoms with Crippen LogP contribution >= 0.6 is 23.6 Å². The van der Waals surface area contributed by atoms with Crippen LogP contribution in [-0.4, -0.2) is 16.0 Å². The van der Waals surface area contributed by atoms with Crippen molar-refractivity contribution in [1.29, 1.82) is 0 Å². The van der Waals surface area contributed by atoms with Crippen molar-refractivity contribution in [3.05, 3.63) is 64.7 Å². The second-order valence-electron chi connectivity index (χ2n) is 5.67. The number of amides is 1. The maximum atomic E-state index is 11.9. The largest absolute Gasteiger partial charge is 0.331 e. The molecule has 0 saturated carbocycles. The molecule has 0 bridgehead atoms. The molecule has 3 aromatic rings. The van der Waals surface area contributed by atoms with Gasteiger partial charge in [-0.3, -0.25) is 15.6 Å². The van der Waals surface area contributed by atoms with Gasteiger partial charge in [-0.2, -0.15) is 0 Å². The van der Waals surface area contributed by atoms with Gasteiger partial charge in [0.15, 0.2) is 5.11 Å². The van der Waals surface area contributed by atoms with Crippen molar-refractivity contribution in [3.8, 4) is 0 Å². The van der Waals surface area contributed by atoms with E-state index in [0.717, 1.165) is 26.5 Å². The summed E-state index contributed by atoms with van der Waals surface area (Å²) < 4.78 is 1.09. The van der Waals surface area contributed by atoms with Crippen LogP contribution in [-0.2, 0) is 4.79 Å². The first-order chi connectivity index (χ1) is 12.5. The van der Waals surface area contributed by atoms with E-state index in [1.165, 1.54) is 23.0 Å². The maximum absolute atomic E-state index is 11.9. The highest BCUT2D eigenvalue weighted by molar-refractivity contribution is 7.80. The number of carbonyl (C=O) groups excluding carboxylic acids is 1. The van der Waals surface area contributed by atoms with Crippen LogP contribution < -0.4 is 16.2 Å². The Bertz CT molecular complexity index is 961. The fourth-order valence-corrected chi connectivity index (χ4v) is 3.34. The van der Waals surface area contributed by atoms with Crippen molar-refractivity contribution in [2.75, 3.05) is 5.32 Å². The number of carbonyl (C=O) groups is 1. The Labute approximate surface area is 161 Å². The smallest absolute Gasteiger partial charge is 0.262 e. The Morgan fingerprint density at radius 3 is 2.73 bits per heavy atom. The van der Waals surface area contributed by atoms with Gasteiger partial charge in [0, 0.05) is 11.8 Å². The molecule has 0 saturated heterocycles. The quantitative estimate of drug-likeness (QED) is 0.364. The number of rotatable bonds is 3. The van der Waals surface area contributed by atoms with Crippen molar-refractivity contribution in [2.24, 2.45) is 0 Å². The number of anilines is 1. The molecular formula is C19H18N4OS2. The van der Waals surface area contributed by atoms with Crippen LogP contribution in [0.15, 0.2) is 48.5 Å². The van der Waals surface area contributed by atoms with E-state index in [-0.39, 0.29) is 5.91 Å². The van der Waals surface area contributed by atoms with Gasteiger partial charge in [-0.15, -0.1) is 11.3 Å². The maximum Gasteiger partial charge on any atom is 0.262 e. The second-order valence-corrected chi connectivity index (χ2v) is 7.14. The number of hydrogen-bond acceptors (Lipinski definition) is 4. The lowest BCUT2D eigenvalue weighted by molar-refractivity contribution is -0.116. The van der Waals surface area contributed by atoms with Gasteiger partial charge in [-0.1, -0.05) is 24.3 Å². The van der Waals surface area contributed by atoms with Crippen LogP contribution in [0.5, 0.6) is 0 Å². The fraction of sp³-hybridized carbons (Fsp3) is 0.105. The molecule has 5 nitrogen and oxygen atoms in total. The van der Waals surface area contributed by atoms with Gasteiger partial charge in [0.05, 0.1) is 10.2 Å². The standard InChI is InChI=1S/C19H18N4OS2/c1-12-6-5-8-14(13(12)2)21-19(25)23-22-17(24)10-11-18-20-15-7-3-4-9-16(15)26-18/h3-11H,1-2H3,(H,22,24)(H2,21,23,25)/b11-10+. The molecule has 2 aromatic carbocycles. The van der Waals surface area contributed by atoms with E-state index in [1.54, 1.807) is 6.08 Å². The number of nitrogens with zero attached hydrogens (tertiary/aromatic N) is 1. The molecule has 7 heteroatoms. The van der Waals surface area contributed by atoms with E-state index in [9.17, 15) is 4.79 Å². The number of hydrazine groups is 1. The summed E-state index contributed by atoms with van der Waals surface area (Å²) in [5.41, 5.74) is 9.34. The Balaban J connectivity index is 1.53. The van der Waals surface area contributed by atoms with Crippen LogP contribution in [0.4, 0.5) is 5.69 Å². The highest BCUT2D eigenvalue weighted by Gasteiger charge is 2.04. The summed E-state index contributed by atoms with van der Waals surface area (Å²) in [4.78, 5) is 16.4. The highest BCUT2D eigenvalue weighted by atomic mass is 32.1. The first kappa shape index (κ1) is 18.0. The van der Waals surface area contributed by atoms with Crippen LogP contribution in [0.1, 0.15) is 16.1 Å². The molecule has 1 aromatic heterocycles. The summed E-state index contributed by atoms with van der Waals surface area (Å²) in [7, 11) is 0. The lowest BCUT2D eigenvalue weighted by Gasteiger charge is -2.13. The van der Waals surface area contributed by atoms with Crippen molar-refractivity contribution in [3.63, 3.8) is 0 Å². The van der Waals surface area contributed by atoms with Gasteiger partial charge in [-0.25, -0.2) is 4.98 Å². The van der Waals surface area contributed by atoms with Crippen LogP contribution in [0.2, 0.25) is 0 Å². The highest BCUT2D eigenvalue weighted by Crippen LogP contribution is 2.22. The Hall–Kier alpha value is -2.77. The molecule has 0 fully saturated rings. The average molecular weight is 383 g/mol. The summed E-state index contributed by atoms with van der Waals surface area (Å²) in [6, 6.07) is 13.8. The van der Waals surface area contributed by atoms with Gasteiger partial charge < -0.3 is 5.32 Å². The molecule has 0 spiro atoms. The molecule has 0 radical (unpaired) electrons. The number of aromatic nitrogens is 1. The Morgan fingerprint density at radius 2 is 1.92 bits per heavy atom.